The van der Waals surface area contributed by atoms with Gasteiger partial charge in [0.2, 0.25) is 0 Å². The normalized spacial score (nSPS) is 19.3. The van der Waals surface area contributed by atoms with Gasteiger partial charge in [-0.3, -0.25) is 4.79 Å². The highest BCUT2D eigenvalue weighted by atomic mass is 32.1. The first kappa shape index (κ1) is 22.4. The lowest BCUT2D eigenvalue weighted by atomic mass is 9.84. The highest BCUT2D eigenvalue weighted by Gasteiger charge is 2.31. The van der Waals surface area contributed by atoms with E-state index in [2.05, 4.69) is 6.92 Å². The molecule has 1 aliphatic rings. The quantitative estimate of drug-likeness (QED) is 0.437. The number of thiophene rings is 1. The summed E-state index contributed by atoms with van der Waals surface area (Å²) in [6.07, 6.45) is 9.93. The second kappa shape index (κ2) is 10.7. The summed E-state index contributed by atoms with van der Waals surface area (Å²) < 4.78 is 0. The van der Waals surface area contributed by atoms with Crippen molar-refractivity contribution >= 4 is 23.1 Å². The standard InChI is InChI=1S/C25H30O4S/c1-2-3-4-8-21(26)17-9-11-19(12-10-17)24-18(13-15-22(24)27)6-5-7-20-14-16-23(30-20)25(28)29/h9-16,18,21,24,26H,2-8H2,1H3,(H,28,29). The molecule has 3 unspecified atom stereocenters. The molecule has 30 heavy (non-hydrogen) atoms. The van der Waals surface area contributed by atoms with Crippen LogP contribution < -0.4 is 0 Å². The molecule has 0 fully saturated rings. The number of hydrogen-bond donors (Lipinski definition) is 2. The molecule has 0 saturated carbocycles. The molecule has 3 rings (SSSR count). The first-order chi connectivity index (χ1) is 14.5. The summed E-state index contributed by atoms with van der Waals surface area (Å²) in [7, 11) is 0. The fourth-order valence-electron chi connectivity index (χ4n) is 4.14. The largest absolute Gasteiger partial charge is 0.477 e. The molecule has 2 N–H and O–H groups in total. The number of carbonyl (C=O) groups excluding carboxylic acids is 1. The van der Waals surface area contributed by atoms with Gasteiger partial charge in [-0.25, -0.2) is 4.79 Å². The molecule has 1 aliphatic carbocycles. The maximum atomic E-state index is 12.5. The number of aryl methyl sites for hydroxylation is 1. The third-order valence-electron chi connectivity index (χ3n) is 5.84. The average Bonchev–Trinajstić information content (AvgIpc) is 3.35. The monoisotopic (exact) mass is 426 g/mol. The maximum absolute atomic E-state index is 12.5. The zero-order chi connectivity index (χ0) is 21.5. The van der Waals surface area contributed by atoms with E-state index in [0.717, 1.165) is 60.9 Å². The molecule has 0 radical (unpaired) electrons. The SMILES string of the molecule is CCCCCC(O)c1ccc(C2C(=O)C=CC2CCCc2ccc(C(=O)O)s2)cc1. The van der Waals surface area contributed by atoms with Gasteiger partial charge in [0, 0.05) is 4.88 Å². The Balaban J connectivity index is 1.57. The Labute approximate surface area is 182 Å². The van der Waals surface area contributed by atoms with Crippen LogP contribution in [0.5, 0.6) is 0 Å². The number of aromatic carboxylic acids is 1. The van der Waals surface area contributed by atoms with Gasteiger partial charge in [-0.1, -0.05) is 56.5 Å². The number of allylic oxidation sites excluding steroid dienone is 2. The summed E-state index contributed by atoms with van der Waals surface area (Å²) in [6.45, 7) is 2.15. The van der Waals surface area contributed by atoms with Crippen molar-refractivity contribution in [2.45, 2.75) is 63.9 Å². The smallest absolute Gasteiger partial charge is 0.345 e. The van der Waals surface area contributed by atoms with Crippen molar-refractivity contribution in [1.82, 2.24) is 0 Å². The third kappa shape index (κ3) is 5.67. The van der Waals surface area contributed by atoms with E-state index in [0.29, 0.717) is 4.88 Å². The van der Waals surface area contributed by atoms with Crippen molar-refractivity contribution in [2.24, 2.45) is 5.92 Å². The molecule has 1 heterocycles. The van der Waals surface area contributed by atoms with Crippen LogP contribution >= 0.6 is 11.3 Å². The Hall–Kier alpha value is -2.24. The van der Waals surface area contributed by atoms with E-state index >= 15 is 0 Å². The Morgan fingerprint density at radius 2 is 1.87 bits per heavy atom. The predicted molar refractivity (Wildman–Crippen MR) is 120 cm³/mol. The van der Waals surface area contributed by atoms with Crippen molar-refractivity contribution in [3.8, 4) is 0 Å². The number of aliphatic hydroxyl groups is 1. The van der Waals surface area contributed by atoms with Crippen LogP contribution in [0.1, 0.15) is 83.1 Å². The summed E-state index contributed by atoms with van der Waals surface area (Å²) >= 11 is 1.32. The van der Waals surface area contributed by atoms with Gasteiger partial charge < -0.3 is 10.2 Å². The number of hydrogen-bond acceptors (Lipinski definition) is 4. The van der Waals surface area contributed by atoms with Gasteiger partial charge in [0.25, 0.3) is 0 Å². The number of rotatable bonds is 11. The molecule has 1 aromatic heterocycles. The van der Waals surface area contributed by atoms with Gasteiger partial charge in [0.15, 0.2) is 5.78 Å². The lowest BCUT2D eigenvalue weighted by Crippen LogP contribution is -2.14. The second-order valence-electron chi connectivity index (χ2n) is 8.04. The van der Waals surface area contributed by atoms with E-state index in [9.17, 15) is 14.7 Å². The van der Waals surface area contributed by atoms with E-state index in [1.165, 1.54) is 11.3 Å². The van der Waals surface area contributed by atoms with Gasteiger partial charge in [-0.05, 0) is 60.9 Å². The van der Waals surface area contributed by atoms with E-state index < -0.39 is 12.1 Å². The highest BCUT2D eigenvalue weighted by molar-refractivity contribution is 7.13. The van der Waals surface area contributed by atoms with Crippen LogP contribution in [-0.4, -0.2) is 22.0 Å². The summed E-state index contributed by atoms with van der Waals surface area (Å²) in [6, 6.07) is 11.4. The van der Waals surface area contributed by atoms with Crippen molar-refractivity contribution in [2.75, 3.05) is 0 Å². The Morgan fingerprint density at radius 3 is 2.53 bits per heavy atom. The summed E-state index contributed by atoms with van der Waals surface area (Å²) in [5, 5.41) is 19.4. The topological polar surface area (TPSA) is 74.6 Å². The molecule has 0 amide bonds. The first-order valence-electron chi connectivity index (χ1n) is 10.8. The summed E-state index contributed by atoms with van der Waals surface area (Å²) in [5.74, 6) is -0.735. The summed E-state index contributed by atoms with van der Waals surface area (Å²) in [4.78, 5) is 24.9. The van der Waals surface area contributed by atoms with Crippen LogP contribution in [0.4, 0.5) is 0 Å². The van der Waals surface area contributed by atoms with Crippen molar-refractivity contribution < 1.29 is 19.8 Å². The van der Waals surface area contributed by atoms with Crippen molar-refractivity contribution in [1.29, 1.82) is 0 Å². The first-order valence-corrected chi connectivity index (χ1v) is 11.6. The number of benzene rings is 1. The molecular formula is C25H30O4S. The number of carbonyl (C=O) groups is 2. The molecule has 5 heteroatoms. The second-order valence-corrected chi connectivity index (χ2v) is 9.21. The Morgan fingerprint density at radius 1 is 1.10 bits per heavy atom. The molecule has 1 aromatic carbocycles. The van der Waals surface area contributed by atoms with Crippen LogP contribution in [0.25, 0.3) is 0 Å². The molecular weight excluding hydrogens is 396 g/mol. The highest BCUT2D eigenvalue weighted by Crippen LogP contribution is 2.36. The van der Waals surface area contributed by atoms with Crippen LogP contribution in [0.15, 0.2) is 48.6 Å². The predicted octanol–water partition coefficient (Wildman–Crippen LogP) is 5.92. The molecule has 0 spiro atoms. The minimum Gasteiger partial charge on any atom is -0.477 e. The Kier molecular flexibility index (Phi) is 8.00. The van der Waals surface area contributed by atoms with E-state index in [1.807, 2.05) is 36.4 Å². The lowest BCUT2D eigenvalue weighted by Gasteiger charge is -2.19. The Bertz CT molecular complexity index is 881. The average molecular weight is 427 g/mol. The molecule has 0 bridgehead atoms. The number of unbranched alkanes of at least 4 members (excludes halogenated alkanes) is 2. The van der Waals surface area contributed by atoms with Crippen LogP contribution in [-0.2, 0) is 11.2 Å². The van der Waals surface area contributed by atoms with E-state index in [1.54, 1.807) is 12.1 Å². The molecule has 0 saturated heterocycles. The zero-order valence-corrected chi connectivity index (χ0v) is 18.2. The van der Waals surface area contributed by atoms with E-state index in [4.69, 9.17) is 5.11 Å². The summed E-state index contributed by atoms with van der Waals surface area (Å²) in [5.41, 5.74) is 1.92. The zero-order valence-electron chi connectivity index (χ0n) is 17.4. The van der Waals surface area contributed by atoms with E-state index in [-0.39, 0.29) is 17.6 Å². The number of carboxylic acid groups (broad SMARTS) is 1. The van der Waals surface area contributed by atoms with Crippen LogP contribution in [0.3, 0.4) is 0 Å². The molecule has 0 aliphatic heterocycles. The minimum atomic E-state index is -0.880. The van der Waals surface area contributed by atoms with Gasteiger partial charge in [0.1, 0.15) is 4.88 Å². The van der Waals surface area contributed by atoms with Crippen molar-refractivity contribution in [3.63, 3.8) is 0 Å². The lowest BCUT2D eigenvalue weighted by molar-refractivity contribution is -0.116. The molecule has 3 atom stereocenters. The van der Waals surface area contributed by atoms with Crippen LogP contribution in [0.2, 0.25) is 0 Å². The molecule has 4 nitrogen and oxygen atoms in total. The number of aliphatic hydroxyl groups excluding tert-OH is 1. The van der Waals surface area contributed by atoms with Gasteiger partial charge in [-0.15, -0.1) is 11.3 Å². The fourth-order valence-corrected chi connectivity index (χ4v) is 5.03. The number of ketones is 1. The van der Waals surface area contributed by atoms with Gasteiger partial charge >= 0.3 is 5.97 Å². The third-order valence-corrected chi connectivity index (χ3v) is 6.97. The van der Waals surface area contributed by atoms with Crippen LogP contribution in [0, 0.1) is 5.92 Å². The fraction of sp³-hybridized carbons (Fsp3) is 0.440. The van der Waals surface area contributed by atoms with Gasteiger partial charge in [-0.2, -0.15) is 0 Å². The molecule has 160 valence electrons. The minimum absolute atomic E-state index is 0.139. The van der Waals surface area contributed by atoms with Crippen molar-refractivity contribution in [3.05, 3.63) is 69.4 Å². The maximum Gasteiger partial charge on any atom is 0.345 e. The van der Waals surface area contributed by atoms with Gasteiger partial charge in [0.05, 0.1) is 12.0 Å². The number of carboxylic acids is 1. The molecule has 2 aromatic rings.